The maximum absolute atomic E-state index is 5.59. The average Bonchev–Trinajstić information content (AvgIpc) is 2.46. The maximum atomic E-state index is 5.59. The third-order valence-corrected chi connectivity index (χ3v) is 3.44. The number of nitrogens with one attached hydrogen (secondary N) is 2. The van der Waals surface area contributed by atoms with Gasteiger partial charge in [0.1, 0.15) is 13.2 Å². The SMILES string of the molecule is CCC(CNC)CNCc1ccc2c(c1)OCCO2. The van der Waals surface area contributed by atoms with Gasteiger partial charge in [0.05, 0.1) is 0 Å². The van der Waals surface area contributed by atoms with Crippen molar-refractivity contribution < 1.29 is 9.47 Å². The predicted molar refractivity (Wildman–Crippen MR) is 76.8 cm³/mol. The molecule has 1 atom stereocenters. The molecule has 1 aliphatic heterocycles. The van der Waals surface area contributed by atoms with Crippen LogP contribution >= 0.6 is 0 Å². The van der Waals surface area contributed by atoms with Crippen molar-refractivity contribution in [2.45, 2.75) is 19.9 Å². The summed E-state index contributed by atoms with van der Waals surface area (Å²) in [7, 11) is 2.00. The Morgan fingerprint density at radius 2 is 1.95 bits per heavy atom. The van der Waals surface area contributed by atoms with Crippen LogP contribution in [0.5, 0.6) is 11.5 Å². The lowest BCUT2D eigenvalue weighted by atomic mass is 10.1. The summed E-state index contributed by atoms with van der Waals surface area (Å²) in [4.78, 5) is 0. The van der Waals surface area contributed by atoms with Crippen LogP contribution < -0.4 is 20.1 Å². The lowest BCUT2D eigenvalue weighted by Gasteiger charge is -2.19. The predicted octanol–water partition coefficient (Wildman–Crippen LogP) is 1.79. The van der Waals surface area contributed by atoms with E-state index in [1.165, 1.54) is 12.0 Å². The molecule has 4 heteroatoms. The fourth-order valence-electron chi connectivity index (χ4n) is 2.27. The minimum Gasteiger partial charge on any atom is -0.486 e. The quantitative estimate of drug-likeness (QED) is 0.788. The molecular formula is C15H24N2O2. The first kappa shape index (κ1) is 14.2. The van der Waals surface area contributed by atoms with Gasteiger partial charge in [0, 0.05) is 6.54 Å². The van der Waals surface area contributed by atoms with Gasteiger partial charge >= 0.3 is 0 Å². The second kappa shape index (κ2) is 7.36. The highest BCUT2D eigenvalue weighted by atomic mass is 16.6. The van der Waals surface area contributed by atoms with Crippen LogP contribution in [0.25, 0.3) is 0 Å². The lowest BCUT2D eigenvalue weighted by Crippen LogP contribution is -2.29. The maximum Gasteiger partial charge on any atom is 0.161 e. The standard InChI is InChI=1S/C15H24N2O2/c1-3-12(9-16-2)10-17-11-13-4-5-14-15(8-13)19-7-6-18-14/h4-5,8,12,16-17H,3,6-7,9-11H2,1-2H3. The molecule has 1 aromatic rings. The largest absolute Gasteiger partial charge is 0.486 e. The van der Waals surface area contributed by atoms with Gasteiger partial charge in [-0.05, 0) is 43.8 Å². The highest BCUT2D eigenvalue weighted by Crippen LogP contribution is 2.30. The van der Waals surface area contributed by atoms with Crippen LogP contribution in [0.1, 0.15) is 18.9 Å². The molecule has 0 fully saturated rings. The van der Waals surface area contributed by atoms with Gasteiger partial charge in [0.25, 0.3) is 0 Å². The summed E-state index contributed by atoms with van der Waals surface area (Å²) in [6.07, 6.45) is 1.19. The van der Waals surface area contributed by atoms with E-state index in [-0.39, 0.29) is 0 Å². The molecule has 0 aliphatic carbocycles. The Hall–Kier alpha value is -1.26. The van der Waals surface area contributed by atoms with Crippen molar-refractivity contribution in [3.05, 3.63) is 23.8 Å². The van der Waals surface area contributed by atoms with Gasteiger partial charge in [0.2, 0.25) is 0 Å². The first-order valence-corrected chi connectivity index (χ1v) is 7.07. The van der Waals surface area contributed by atoms with Crippen molar-refractivity contribution in [3.63, 3.8) is 0 Å². The third-order valence-electron chi connectivity index (χ3n) is 3.44. The van der Waals surface area contributed by atoms with Crippen molar-refractivity contribution in [2.24, 2.45) is 5.92 Å². The Bertz CT molecular complexity index is 396. The van der Waals surface area contributed by atoms with E-state index >= 15 is 0 Å². The number of benzene rings is 1. The van der Waals surface area contributed by atoms with Gasteiger partial charge in [0.15, 0.2) is 11.5 Å². The summed E-state index contributed by atoms with van der Waals surface area (Å²) >= 11 is 0. The van der Waals surface area contributed by atoms with E-state index in [4.69, 9.17) is 9.47 Å². The molecule has 4 nitrogen and oxygen atoms in total. The molecule has 1 aliphatic rings. The molecular weight excluding hydrogens is 240 g/mol. The average molecular weight is 264 g/mol. The summed E-state index contributed by atoms with van der Waals surface area (Å²) in [6, 6.07) is 6.16. The van der Waals surface area contributed by atoms with Crippen LogP contribution in [-0.2, 0) is 6.54 Å². The Kier molecular flexibility index (Phi) is 5.48. The zero-order valence-corrected chi connectivity index (χ0v) is 11.9. The molecule has 106 valence electrons. The fraction of sp³-hybridized carbons (Fsp3) is 0.600. The van der Waals surface area contributed by atoms with E-state index in [0.29, 0.717) is 19.1 Å². The second-order valence-corrected chi connectivity index (χ2v) is 4.94. The second-order valence-electron chi connectivity index (χ2n) is 4.94. The van der Waals surface area contributed by atoms with Crippen LogP contribution in [0.4, 0.5) is 0 Å². The first-order chi connectivity index (χ1) is 9.33. The molecule has 2 N–H and O–H groups in total. The molecule has 0 saturated carbocycles. The summed E-state index contributed by atoms with van der Waals surface area (Å²) < 4.78 is 11.1. The molecule has 0 spiro atoms. The Morgan fingerprint density at radius 1 is 1.16 bits per heavy atom. The summed E-state index contributed by atoms with van der Waals surface area (Å²) in [5.41, 5.74) is 1.24. The number of fused-ring (bicyclic) bond motifs is 1. The molecule has 1 unspecified atom stereocenters. The first-order valence-electron chi connectivity index (χ1n) is 7.07. The fourth-order valence-corrected chi connectivity index (χ4v) is 2.27. The molecule has 1 heterocycles. The van der Waals surface area contributed by atoms with Crippen molar-refractivity contribution >= 4 is 0 Å². The molecule has 2 rings (SSSR count). The third kappa shape index (κ3) is 4.11. The molecule has 1 aromatic carbocycles. The van der Waals surface area contributed by atoms with Gasteiger partial charge in [-0.1, -0.05) is 19.4 Å². The topological polar surface area (TPSA) is 42.5 Å². The lowest BCUT2D eigenvalue weighted by molar-refractivity contribution is 0.171. The Labute approximate surface area is 115 Å². The monoisotopic (exact) mass is 264 g/mol. The Balaban J connectivity index is 1.82. The van der Waals surface area contributed by atoms with Crippen molar-refractivity contribution in [2.75, 3.05) is 33.4 Å². The van der Waals surface area contributed by atoms with Crippen molar-refractivity contribution in [1.29, 1.82) is 0 Å². The van der Waals surface area contributed by atoms with E-state index in [0.717, 1.165) is 31.1 Å². The summed E-state index contributed by atoms with van der Waals surface area (Å²) in [6.45, 7) is 6.48. The van der Waals surface area contributed by atoms with E-state index in [9.17, 15) is 0 Å². The molecule has 0 amide bonds. The molecule has 19 heavy (non-hydrogen) atoms. The van der Waals surface area contributed by atoms with Crippen LogP contribution in [-0.4, -0.2) is 33.4 Å². The minimum absolute atomic E-state index is 0.643. The number of rotatable bonds is 7. The molecule has 0 radical (unpaired) electrons. The van der Waals surface area contributed by atoms with Crippen LogP contribution in [0.15, 0.2) is 18.2 Å². The zero-order valence-electron chi connectivity index (χ0n) is 11.9. The van der Waals surface area contributed by atoms with Crippen molar-refractivity contribution in [3.8, 4) is 11.5 Å². The van der Waals surface area contributed by atoms with Gasteiger partial charge in [-0.3, -0.25) is 0 Å². The Morgan fingerprint density at radius 3 is 2.68 bits per heavy atom. The van der Waals surface area contributed by atoms with Crippen LogP contribution in [0.3, 0.4) is 0 Å². The van der Waals surface area contributed by atoms with E-state index < -0.39 is 0 Å². The van der Waals surface area contributed by atoms with Crippen molar-refractivity contribution in [1.82, 2.24) is 10.6 Å². The number of hydrogen-bond donors (Lipinski definition) is 2. The molecule has 0 aromatic heterocycles. The number of ether oxygens (including phenoxy) is 2. The summed E-state index contributed by atoms with van der Waals surface area (Å²) in [5.74, 6) is 2.41. The van der Waals surface area contributed by atoms with Gasteiger partial charge in [-0.2, -0.15) is 0 Å². The number of hydrogen-bond acceptors (Lipinski definition) is 4. The normalized spacial score (nSPS) is 15.3. The highest BCUT2D eigenvalue weighted by Gasteiger charge is 2.11. The van der Waals surface area contributed by atoms with Gasteiger partial charge in [-0.25, -0.2) is 0 Å². The zero-order chi connectivity index (χ0) is 13.5. The van der Waals surface area contributed by atoms with Gasteiger partial charge in [-0.15, -0.1) is 0 Å². The smallest absolute Gasteiger partial charge is 0.161 e. The van der Waals surface area contributed by atoms with Crippen LogP contribution in [0.2, 0.25) is 0 Å². The van der Waals surface area contributed by atoms with Crippen LogP contribution in [0, 0.1) is 5.92 Å². The molecule has 0 saturated heterocycles. The summed E-state index contributed by atoms with van der Waals surface area (Å²) in [5, 5.41) is 6.74. The van der Waals surface area contributed by atoms with E-state index in [1.807, 2.05) is 13.1 Å². The van der Waals surface area contributed by atoms with Gasteiger partial charge < -0.3 is 20.1 Å². The van der Waals surface area contributed by atoms with E-state index in [2.05, 4.69) is 29.7 Å². The molecule has 0 bridgehead atoms. The van der Waals surface area contributed by atoms with E-state index in [1.54, 1.807) is 0 Å². The minimum atomic E-state index is 0.643. The highest BCUT2D eigenvalue weighted by molar-refractivity contribution is 5.43.